The van der Waals surface area contributed by atoms with Gasteiger partial charge in [0.1, 0.15) is 0 Å². The van der Waals surface area contributed by atoms with Crippen LogP contribution in [0, 0.1) is 5.92 Å². The quantitative estimate of drug-likeness (QED) is 0.762. The molecule has 0 rings (SSSR count). The van der Waals surface area contributed by atoms with Crippen molar-refractivity contribution in [2.75, 3.05) is 5.75 Å². The summed E-state index contributed by atoms with van der Waals surface area (Å²) in [6, 6.07) is 0. The first kappa shape index (κ1) is 14.4. The van der Waals surface area contributed by atoms with E-state index in [9.17, 15) is 13.2 Å². The number of rotatable bonds is 6. The fourth-order valence-corrected chi connectivity index (χ4v) is 2.89. The van der Waals surface area contributed by atoms with Gasteiger partial charge in [-0.1, -0.05) is 26.7 Å². The monoisotopic (exact) mass is 236 g/mol. The van der Waals surface area contributed by atoms with E-state index in [1.807, 2.05) is 13.8 Å². The molecule has 0 spiro atoms. The molecule has 5 heteroatoms. The fraction of sp³-hybridized carbons (Fsp3) is 0.900. The second-order valence-electron chi connectivity index (χ2n) is 4.49. The summed E-state index contributed by atoms with van der Waals surface area (Å²) in [4.78, 5) is 10.8. The zero-order valence-electron chi connectivity index (χ0n) is 9.78. The molecule has 0 aliphatic rings. The standard InChI is InChI=1S/C10H20O4S/c1-5-6-8(2)7-15(13,14)10(3,4)9(11)12/h8H,5-7H2,1-4H3,(H,11,12). The van der Waals surface area contributed by atoms with Crippen LogP contribution in [-0.2, 0) is 14.6 Å². The van der Waals surface area contributed by atoms with Crippen LogP contribution in [-0.4, -0.2) is 30.0 Å². The molecule has 1 unspecified atom stereocenters. The summed E-state index contributed by atoms with van der Waals surface area (Å²) < 4.78 is 21.9. The third-order valence-electron chi connectivity index (χ3n) is 2.58. The van der Waals surface area contributed by atoms with Gasteiger partial charge in [-0.25, -0.2) is 8.42 Å². The first-order valence-electron chi connectivity index (χ1n) is 5.10. The lowest BCUT2D eigenvalue weighted by Gasteiger charge is -2.21. The molecule has 0 aliphatic carbocycles. The van der Waals surface area contributed by atoms with Gasteiger partial charge in [0.15, 0.2) is 14.6 Å². The van der Waals surface area contributed by atoms with Crippen LogP contribution in [0.1, 0.15) is 40.5 Å². The van der Waals surface area contributed by atoms with Gasteiger partial charge in [-0.05, 0) is 19.8 Å². The van der Waals surface area contributed by atoms with Gasteiger partial charge in [-0.2, -0.15) is 0 Å². The van der Waals surface area contributed by atoms with Crippen LogP contribution in [0.2, 0.25) is 0 Å². The van der Waals surface area contributed by atoms with E-state index in [0.717, 1.165) is 12.8 Å². The number of sulfone groups is 1. The second kappa shape index (κ2) is 4.96. The average molecular weight is 236 g/mol. The maximum atomic E-state index is 11.8. The van der Waals surface area contributed by atoms with Crippen molar-refractivity contribution >= 4 is 15.8 Å². The number of hydrogen-bond acceptors (Lipinski definition) is 3. The fourth-order valence-electron chi connectivity index (χ4n) is 1.29. The summed E-state index contributed by atoms with van der Waals surface area (Å²) in [6.07, 6.45) is 1.71. The molecule has 0 bridgehead atoms. The molecule has 1 atom stereocenters. The van der Waals surface area contributed by atoms with Gasteiger partial charge < -0.3 is 5.11 Å². The van der Waals surface area contributed by atoms with Crippen LogP contribution in [0.15, 0.2) is 0 Å². The number of carbonyl (C=O) groups is 1. The smallest absolute Gasteiger partial charge is 0.324 e. The van der Waals surface area contributed by atoms with Gasteiger partial charge in [0.05, 0.1) is 5.75 Å². The van der Waals surface area contributed by atoms with Crippen molar-refractivity contribution in [3.05, 3.63) is 0 Å². The third-order valence-corrected chi connectivity index (χ3v) is 5.32. The first-order valence-corrected chi connectivity index (χ1v) is 6.76. The molecule has 0 aliphatic heterocycles. The molecule has 4 nitrogen and oxygen atoms in total. The van der Waals surface area contributed by atoms with E-state index in [2.05, 4.69) is 0 Å². The SMILES string of the molecule is CCCC(C)CS(=O)(=O)C(C)(C)C(=O)O. The van der Waals surface area contributed by atoms with E-state index in [4.69, 9.17) is 5.11 Å². The Bertz CT molecular complexity index is 316. The van der Waals surface area contributed by atoms with E-state index in [0.29, 0.717) is 0 Å². The van der Waals surface area contributed by atoms with E-state index in [1.165, 1.54) is 13.8 Å². The summed E-state index contributed by atoms with van der Waals surface area (Å²) in [5.74, 6) is -1.33. The highest BCUT2D eigenvalue weighted by molar-refractivity contribution is 7.93. The summed E-state index contributed by atoms with van der Waals surface area (Å²) in [5, 5.41) is 8.84. The minimum Gasteiger partial charge on any atom is -0.480 e. The Labute approximate surface area is 91.6 Å². The number of carboxylic acid groups (broad SMARTS) is 1. The summed E-state index contributed by atoms with van der Waals surface area (Å²) in [7, 11) is -3.58. The third kappa shape index (κ3) is 3.48. The van der Waals surface area contributed by atoms with Gasteiger partial charge in [0, 0.05) is 0 Å². The van der Waals surface area contributed by atoms with Crippen molar-refractivity contribution in [3.8, 4) is 0 Å². The van der Waals surface area contributed by atoms with Crippen molar-refractivity contribution in [2.45, 2.75) is 45.3 Å². The lowest BCUT2D eigenvalue weighted by atomic mass is 10.1. The van der Waals surface area contributed by atoms with Crippen LogP contribution >= 0.6 is 0 Å². The molecule has 0 heterocycles. The lowest BCUT2D eigenvalue weighted by molar-refractivity contribution is -0.139. The Morgan fingerprint density at radius 2 is 1.87 bits per heavy atom. The number of aliphatic carboxylic acids is 1. The topological polar surface area (TPSA) is 71.4 Å². The normalized spacial score (nSPS) is 14.9. The molecule has 1 N–H and O–H groups in total. The summed E-state index contributed by atoms with van der Waals surface area (Å²) >= 11 is 0. The van der Waals surface area contributed by atoms with Crippen molar-refractivity contribution in [2.24, 2.45) is 5.92 Å². The van der Waals surface area contributed by atoms with Gasteiger partial charge in [0.2, 0.25) is 0 Å². The summed E-state index contributed by atoms with van der Waals surface area (Å²) in [6.45, 7) is 6.29. The molecule has 0 aromatic rings. The molecule has 0 saturated carbocycles. The van der Waals surface area contributed by atoms with Crippen LogP contribution in [0.5, 0.6) is 0 Å². The molecule has 0 radical (unpaired) electrons. The zero-order chi connectivity index (χ0) is 12.3. The molecule has 0 fully saturated rings. The van der Waals surface area contributed by atoms with Gasteiger partial charge in [0.25, 0.3) is 0 Å². The van der Waals surface area contributed by atoms with Crippen molar-refractivity contribution in [3.63, 3.8) is 0 Å². The highest BCUT2D eigenvalue weighted by Crippen LogP contribution is 2.21. The molecule has 0 amide bonds. The largest absolute Gasteiger partial charge is 0.480 e. The van der Waals surface area contributed by atoms with Crippen LogP contribution < -0.4 is 0 Å². The Hall–Kier alpha value is -0.580. The van der Waals surface area contributed by atoms with Crippen LogP contribution in [0.4, 0.5) is 0 Å². The molecule has 90 valence electrons. The molecule has 0 saturated heterocycles. The Balaban J connectivity index is 4.77. The summed E-state index contributed by atoms with van der Waals surface area (Å²) in [5.41, 5.74) is 0. The van der Waals surface area contributed by atoms with E-state index in [1.54, 1.807) is 0 Å². The van der Waals surface area contributed by atoms with Gasteiger partial charge in [-0.3, -0.25) is 4.79 Å². The van der Waals surface area contributed by atoms with E-state index in [-0.39, 0.29) is 11.7 Å². The second-order valence-corrected chi connectivity index (χ2v) is 7.07. The molecule has 15 heavy (non-hydrogen) atoms. The van der Waals surface area contributed by atoms with Crippen molar-refractivity contribution in [1.82, 2.24) is 0 Å². The van der Waals surface area contributed by atoms with Crippen LogP contribution in [0.3, 0.4) is 0 Å². The molecule has 0 aromatic heterocycles. The highest BCUT2D eigenvalue weighted by atomic mass is 32.2. The van der Waals surface area contributed by atoms with Crippen molar-refractivity contribution in [1.29, 1.82) is 0 Å². The highest BCUT2D eigenvalue weighted by Gasteiger charge is 2.42. The predicted molar refractivity (Wildman–Crippen MR) is 59.6 cm³/mol. The Morgan fingerprint density at radius 3 is 2.20 bits per heavy atom. The minimum atomic E-state index is -3.58. The molecule has 0 aromatic carbocycles. The Morgan fingerprint density at radius 1 is 1.40 bits per heavy atom. The maximum Gasteiger partial charge on any atom is 0.324 e. The first-order chi connectivity index (χ1) is 6.65. The van der Waals surface area contributed by atoms with Crippen molar-refractivity contribution < 1.29 is 18.3 Å². The average Bonchev–Trinajstić information content (AvgIpc) is 2.02. The Kier molecular flexibility index (Phi) is 4.77. The van der Waals surface area contributed by atoms with Crippen LogP contribution in [0.25, 0.3) is 0 Å². The maximum absolute atomic E-state index is 11.8. The molecular weight excluding hydrogens is 216 g/mol. The van der Waals surface area contributed by atoms with Gasteiger partial charge >= 0.3 is 5.97 Å². The zero-order valence-corrected chi connectivity index (χ0v) is 10.6. The lowest BCUT2D eigenvalue weighted by Crippen LogP contribution is -2.43. The van der Waals surface area contributed by atoms with E-state index >= 15 is 0 Å². The predicted octanol–water partition coefficient (Wildman–Crippen LogP) is 1.70. The van der Waals surface area contributed by atoms with E-state index < -0.39 is 20.6 Å². The minimum absolute atomic E-state index is 0.0126. The molecular formula is C10H20O4S. The number of carboxylic acids is 1. The number of hydrogen-bond donors (Lipinski definition) is 1. The van der Waals surface area contributed by atoms with Gasteiger partial charge in [-0.15, -0.1) is 0 Å².